The van der Waals surface area contributed by atoms with Crippen molar-refractivity contribution in [2.75, 3.05) is 26.3 Å². The maximum Gasteiger partial charge on any atom is 0.330 e. The lowest BCUT2D eigenvalue weighted by Crippen LogP contribution is -2.74. The Morgan fingerprint density at radius 3 is 2.26 bits per heavy atom. The molecule has 6 heteroatoms. The third-order valence-corrected chi connectivity index (χ3v) is 5.74. The van der Waals surface area contributed by atoms with Crippen molar-refractivity contribution in [1.29, 1.82) is 0 Å². The molecule has 4 fully saturated rings. The maximum absolute atomic E-state index is 14.7. The maximum atomic E-state index is 14.7. The van der Waals surface area contributed by atoms with Crippen LogP contribution < -0.4 is 0 Å². The minimum absolute atomic E-state index is 0.169. The summed E-state index contributed by atoms with van der Waals surface area (Å²) >= 11 is 0. The lowest BCUT2D eigenvalue weighted by molar-refractivity contribution is -0.274. The van der Waals surface area contributed by atoms with Crippen LogP contribution in [0.5, 0.6) is 5.75 Å². The van der Waals surface area contributed by atoms with Gasteiger partial charge in [-0.05, 0) is 42.4 Å². The van der Waals surface area contributed by atoms with Gasteiger partial charge in [0.15, 0.2) is 0 Å². The number of benzene rings is 1. The predicted octanol–water partition coefficient (Wildman–Crippen LogP) is 2.31. The fourth-order valence-corrected chi connectivity index (χ4v) is 4.43. The highest BCUT2D eigenvalue weighted by atomic mass is 19.3. The molecule has 0 unspecified atom stereocenters. The Labute approximate surface area is 133 Å². The van der Waals surface area contributed by atoms with Crippen molar-refractivity contribution < 1.29 is 23.4 Å². The number of nitrogens with zero attached hydrogens (tertiary/aromatic N) is 1. The van der Waals surface area contributed by atoms with E-state index in [0.717, 1.165) is 5.56 Å². The molecule has 4 aliphatic rings. The van der Waals surface area contributed by atoms with Gasteiger partial charge in [-0.2, -0.15) is 8.78 Å². The monoisotopic (exact) mass is 323 g/mol. The first-order valence-corrected chi connectivity index (χ1v) is 7.93. The van der Waals surface area contributed by atoms with E-state index in [1.165, 1.54) is 4.90 Å². The summed E-state index contributed by atoms with van der Waals surface area (Å²) in [4.78, 5) is 13.5. The zero-order valence-corrected chi connectivity index (χ0v) is 12.7. The van der Waals surface area contributed by atoms with E-state index >= 15 is 0 Å². The fourth-order valence-electron chi connectivity index (χ4n) is 4.43. The second kappa shape index (κ2) is 4.66. The van der Waals surface area contributed by atoms with Crippen LogP contribution in [0.4, 0.5) is 8.78 Å². The number of aromatic hydroxyl groups is 1. The molecule has 2 bridgehead atoms. The van der Waals surface area contributed by atoms with Crippen molar-refractivity contribution in [1.82, 2.24) is 4.90 Å². The average molecular weight is 323 g/mol. The average Bonchev–Trinajstić information content (AvgIpc) is 2.46. The zero-order valence-electron chi connectivity index (χ0n) is 12.7. The normalized spacial score (nSPS) is 32.9. The van der Waals surface area contributed by atoms with E-state index in [0.29, 0.717) is 32.5 Å². The molecule has 3 aliphatic carbocycles. The number of ether oxygens (including phenoxy) is 1. The molecular formula is C17H19F2NO3. The number of phenols is 1. The van der Waals surface area contributed by atoms with E-state index in [1.54, 1.807) is 24.3 Å². The quantitative estimate of drug-likeness (QED) is 0.929. The molecule has 0 spiro atoms. The fraction of sp³-hybridized carbons (Fsp3) is 0.588. The Morgan fingerprint density at radius 1 is 1.13 bits per heavy atom. The first-order valence-electron chi connectivity index (χ1n) is 7.93. The molecule has 1 aromatic carbocycles. The number of carbonyl (C=O) groups excluding carboxylic acids is 1. The van der Waals surface area contributed by atoms with Crippen molar-refractivity contribution in [2.24, 2.45) is 5.41 Å². The third kappa shape index (κ3) is 1.94. The van der Waals surface area contributed by atoms with Crippen LogP contribution >= 0.6 is 0 Å². The van der Waals surface area contributed by atoms with Gasteiger partial charge in [-0.25, -0.2) is 0 Å². The summed E-state index contributed by atoms with van der Waals surface area (Å²) in [6.45, 7) is 1.14. The number of hydrogen-bond acceptors (Lipinski definition) is 3. The number of halogens is 2. The Kier molecular flexibility index (Phi) is 3.01. The molecule has 4 nitrogen and oxygen atoms in total. The van der Waals surface area contributed by atoms with E-state index in [2.05, 4.69) is 0 Å². The van der Waals surface area contributed by atoms with Crippen molar-refractivity contribution >= 4 is 5.91 Å². The van der Waals surface area contributed by atoms with Crippen LogP contribution in [0.15, 0.2) is 24.3 Å². The molecule has 124 valence electrons. The van der Waals surface area contributed by atoms with E-state index in [1.807, 2.05) is 0 Å². The van der Waals surface area contributed by atoms with Gasteiger partial charge in [-0.1, -0.05) is 12.1 Å². The highest BCUT2D eigenvalue weighted by Crippen LogP contribution is 2.78. The van der Waals surface area contributed by atoms with Gasteiger partial charge in [0.25, 0.3) is 5.91 Å². The largest absolute Gasteiger partial charge is 0.508 e. The highest BCUT2D eigenvalue weighted by Gasteiger charge is 2.79. The smallest absolute Gasteiger partial charge is 0.330 e. The molecular weight excluding hydrogens is 304 g/mol. The van der Waals surface area contributed by atoms with Crippen molar-refractivity contribution in [2.45, 2.75) is 30.6 Å². The predicted molar refractivity (Wildman–Crippen MR) is 78.4 cm³/mol. The Morgan fingerprint density at radius 2 is 1.70 bits per heavy atom. The van der Waals surface area contributed by atoms with Gasteiger partial charge in [0.2, 0.25) is 0 Å². The number of morpholine rings is 1. The number of amides is 1. The van der Waals surface area contributed by atoms with Crippen LogP contribution in [0.1, 0.15) is 24.8 Å². The molecule has 0 atom stereocenters. The minimum atomic E-state index is -3.30. The molecule has 23 heavy (non-hydrogen) atoms. The number of carbonyl (C=O) groups is 1. The number of rotatable bonds is 3. The molecule has 5 rings (SSSR count). The van der Waals surface area contributed by atoms with Crippen LogP contribution in [-0.4, -0.2) is 48.1 Å². The molecule has 0 aromatic heterocycles. The van der Waals surface area contributed by atoms with Gasteiger partial charge in [-0.3, -0.25) is 4.79 Å². The van der Waals surface area contributed by atoms with E-state index < -0.39 is 17.2 Å². The van der Waals surface area contributed by atoms with Crippen LogP contribution in [0.25, 0.3) is 0 Å². The summed E-state index contributed by atoms with van der Waals surface area (Å²) in [5, 5.41) is 9.34. The van der Waals surface area contributed by atoms with Gasteiger partial charge in [0, 0.05) is 18.5 Å². The summed E-state index contributed by atoms with van der Waals surface area (Å²) in [6, 6.07) is 6.75. The van der Waals surface area contributed by atoms with Crippen molar-refractivity contribution in [3.05, 3.63) is 29.8 Å². The summed E-state index contributed by atoms with van der Waals surface area (Å²) in [5.74, 6) is -4.18. The van der Waals surface area contributed by atoms with Gasteiger partial charge < -0.3 is 14.7 Å². The van der Waals surface area contributed by atoms with Gasteiger partial charge >= 0.3 is 5.92 Å². The second-order valence-electron chi connectivity index (χ2n) is 7.12. The first-order chi connectivity index (χ1) is 10.9. The molecule has 1 saturated heterocycles. The summed E-state index contributed by atoms with van der Waals surface area (Å²) < 4.78 is 34.6. The molecule has 1 N–H and O–H groups in total. The number of hydrogen-bond donors (Lipinski definition) is 1. The first kappa shape index (κ1) is 14.9. The Hall–Kier alpha value is -1.69. The van der Waals surface area contributed by atoms with E-state index in [9.17, 15) is 18.7 Å². The molecule has 1 aromatic rings. The minimum Gasteiger partial charge on any atom is -0.508 e. The van der Waals surface area contributed by atoms with Crippen molar-refractivity contribution in [3.8, 4) is 5.75 Å². The summed E-state index contributed by atoms with van der Waals surface area (Å²) in [7, 11) is 0. The zero-order chi connectivity index (χ0) is 16.3. The second-order valence-corrected chi connectivity index (χ2v) is 7.12. The number of alkyl halides is 2. The van der Waals surface area contributed by atoms with Crippen LogP contribution in [0.3, 0.4) is 0 Å². The Bertz CT molecular complexity index is 618. The molecule has 1 heterocycles. The highest BCUT2D eigenvalue weighted by molar-refractivity contribution is 5.85. The van der Waals surface area contributed by atoms with Gasteiger partial charge in [0.05, 0.1) is 13.2 Å². The van der Waals surface area contributed by atoms with Gasteiger partial charge in [0.1, 0.15) is 5.75 Å². The molecule has 1 aliphatic heterocycles. The van der Waals surface area contributed by atoms with Crippen LogP contribution in [0, 0.1) is 5.41 Å². The van der Waals surface area contributed by atoms with E-state index in [-0.39, 0.29) is 24.3 Å². The van der Waals surface area contributed by atoms with Crippen LogP contribution in [-0.2, 0) is 14.9 Å². The van der Waals surface area contributed by atoms with Gasteiger partial charge in [-0.15, -0.1) is 0 Å². The summed E-state index contributed by atoms with van der Waals surface area (Å²) in [5.41, 5.74) is -0.435. The molecule has 1 amide bonds. The lowest BCUT2D eigenvalue weighted by Gasteiger charge is -2.72. The number of phenolic OH excluding ortho intramolecular Hbond substituents is 1. The lowest BCUT2D eigenvalue weighted by atomic mass is 9.31. The van der Waals surface area contributed by atoms with Crippen LogP contribution in [0.2, 0.25) is 0 Å². The topological polar surface area (TPSA) is 49.8 Å². The van der Waals surface area contributed by atoms with Crippen molar-refractivity contribution in [3.63, 3.8) is 0 Å². The standard InChI is InChI=1S/C17H19F2NO3/c18-17(19,14(22)20-5-7-23-8-6-20)16-9-15(10-16,11-16)12-1-3-13(21)4-2-12/h1-4,21H,5-11H2. The van der Waals surface area contributed by atoms with E-state index in [4.69, 9.17) is 4.74 Å². The molecule has 0 radical (unpaired) electrons. The Balaban J connectivity index is 1.48. The SMILES string of the molecule is O=C(N1CCOCC1)C(F)(F)C12CC(c3ccc(O)cc3)(C1)C2. The molecule has 3 saturated carbocycles. The third-order valence-electron chi connectivity index (χ3n) is 5.74. The summed E-state index contributed by atoms with van der Waals surface area (Å²) in [6.07, 6.45) is 1.02.